The lowest BCUT2D eigenvalue weighted by atomic mass is 10.2. The lowest BCUT2D eigenvalue weighted by Gasteiger charge is -2.15. The fourth-order valence-electron chi connectivity index (χ4n) is 2.37. The average molecular weight is 380 g/mol. The molecule has 26 heavy (non-hydrogen) atoms. The van der Waals surface area contributed by atoms with Gasteiger partial charge in [-0.2, -0.15) is 13.2 Å². The molecule has 0 saturated heterocycles. The number of amides is 1. The van der Waals surface area contributed by atoms with E-state index in [1.54, 1.807) is 31.6 Å². The van der Waals surface area contributed by atoms with Crippen LogP contribution in [0.15, 0.2) is 42.7 Å². The van der Waals surface area contributed by atoms with Crippen LogP contribution in [0.25, 0.3) is 10.2 Å². The van der Waals surface area contributed by atoms with Crippen LogP contribution >= 0.6 is 11.3 Å². The summed E-state index contributed by atoms with van der Waals surface area (Å²) in [5, 5.41) is 3.10. The van der Waals surface area contributed by atoms with Crippen molar-refractivity contribution in [2.45, 2.75) is 12.7 Å². The number of nitrogens with zero attached hydrogens (tertiary/aromatic N) is 3. The van der Waals surface area contributed by atoms with Gasteiger partial charge in [0.1, 0.15) is 0 Å². The number of pyridine rings is 1. The summed E-state index contributed by atoms with van der Waals surface area (Å²) in [6.45, 7) is 0.319. The van der Waals surface area contributed by atoms with Crippen molar-refractivity contribution in [3.8, 4) is 0 Å². The Hall–Kier alpha value is -2.68. The highest BCUT2D eigenvalue weighted by atomic mass is 32.1. The van der Waals surface area contributed by atoms with E-state index in [1.165, 1.54) is 11.0 Å². The average Bonchev–Trinajstić information content (AvgIpc) is 3.04. The first-order chi connectivity index (χ1) is 12.3. The fraction of sp³-hybridized carbons (Fsp3) is 0.235. The second-order valence-electron chi connectivity index (χ2n) is 5.64. The zero-order chi connectivity index (χ0) is 18.7. The first kappa shape index (κ1) is 18.1. The number of fused-ring (bicyclic) bond motifs is 1. The molecular formula is C17H15F3N4OS. The number of halogens is 3. The SMILES string of the molecule is CN(CC(=O)NCc1cccnc1)c1nc2c(C(F)(F)F)cccc2s1. The Labute approximate surface area is 151 Å². The topological polar surface area (TPSA) is 58.1 Å². The summed E-state index contributed by atoms with van der Waals surface area (Å²) in [4.78, 5) is 21.6. The molecule has 1 N–H and O–H groups in total. The van der Waals surface area contributed by atoms with Gasteiger partial charge in [-0.3, -0.25) is 9.78 Å². The molecule has 1 aromatic carbocycles. The summed E-state index contributed by atoms with van der Waals surface area (Å²) < 4.78 is 39.7. The first-order valence-corrected chi connectivity index (χ1v) is 8.50. The molecule has 1 amide bonds. The number of likely N-dealkylation sites (N-methyl/N-ethyl adjacent to an activating group) is 1. The molecule has 0 aliphatic carbocycles. The molecule has 9 heteroatoms. The Balaban J connectivity index is 1.70. The quantitative estimate of drug-likeness (QED) is 0.737. The molecule has 136 valence electrons. The Bertz CT molecular complexity index is 911. The molecule has 5 nitrogen and oxygen atoms in total. The Kier molecular flexibility index (Phi) is 5.08. The summed E-state index contributed by atoms with van der Waals surface area (Å²) >= 11 is 1.12. The number of aromatic nitrogens is 2. The van der Waals surface area contributed by atoms with Gasteiger partial charge in [-0.1, -0.05) is 23.5 Å². The molecule has 0 fully saturated rings. The Morgan fingerprint density at radius 2 is 2.08 bits per heavy atom. The van der Waals surface area contributed by atoms with Gasteiger partial charge in [0, 0.05) is 26.0 Å². The molecule has 0 bridgehead atoms. The van der Waals surface area contributed by atoms with Gasteiger partial charge >= 0.3 is 6.18 Å². The maximum Gasteiger partial charge on any atom is 0.418 e. The van der Waals surface area contributed by atoms with Crippen LogP contribution < -0.4 is 10.2 Å². The van der Waals surface area contributed by atoms with E-state index in [0.29, 0.717) is 16.4 Å². The maximum atomic E-state index is 13.1. The minimum Gasteiger partial charge on any atom is -0.350 e. The number of carbonyl (C=O) groups is 1. The molecule has 2 heterocycles. The molecule has 2 aromatic heterocycles. The van der Waals surface area contributed by atoms with E-state index in [2.05, 4.69) is 15.3 Å². The van der Waals surface area contributed by atoms with E-state index in [9.17, 15) is 18.0 Å². The van der Waals surface area contributed by atoms with E-state index < -0.39 is 11.7 Å². The lowest BCUT2D eigenvalue weighted by molar-refractivity contribution is -0.136. The summed E-state index contributed by atoms with van der Waals surface area (Å²) in [6.07, 6.45) is -1.18. The molecule has 0 aliphatic rings. The second kappa shape index (κ2) is 7.28. The van der Waals surface area contributed by atoms with Gasteiger partial charge in [0.25, 0.3) is 0 Å². The molecule has 0 aliphatic heterocycles. The predicted octanol–water partition coefficient (Wildman–Crippen LogP) is 3.46. The second-order valence-corrected chi connectivity index (χ2v) is 6.65. The lowest BCUT2D eigenvalue weighted by Crippen LogP contribution is -2.34. The summed E-state index contributed by atoms with van der Waals surface area (Å²) in [7, 11) is 1.62. The predicted molar refractivity (Wildman–Crippen MR) is 94.0 cm³/mol. The van der Waals surface area contributed by atoms with Crippen LogP contribution in [0.3, 0.4) is 0 Å². The van der Waals surface area contributed by atoms with Crippen LogP contribution in [-0.4, -0.2) is 29.5 Å². The van der Waals surface area contributed by atoms with Crippen molar-refractivity contribution in [2.24, 2.45) is 0 Å². The highest BCUT2D eigenvalue weighted by Gasteiger charge is 2.34. The van der Waals surface area contributed by atoms with Crippen LogP contribution in [0.5, 0.6) is 0 Å². The summed E-state index contributed by atoms with van der Waals surface area (Å²) in [5.41, 5.74) is -0.00661. The van der Waals surface area contributed by atoms with Crippen molar-refractivity contribution in [1.82, 2.24) is 15.3 Å². The van der Waals surface area contributed by atoms with Crippen molar-refractivity contribution >= 4 is 32.6 Å². The van der Waals surface area contributed by atoms with E-state index >= 15 is 0 Å². The normalized spacial score (nSPS) is 11.5. The number of nitrogens with one attached hydrogen (secondary N) is 1. The van der Waals surface area contributed by atoms with E-state index in [-0.39, 0.29) is 18.0 Å². The highest BCUT2D eigenvalue weighted by Crippen LogP contribution is 2.38. The van der Waals surface area contributed by atoms with Crippen molar-refractivity contribution in [3.05, 3.63) is 53.9 Å². The summed E-state index contributed by atoms with van der Waals surface area (Å²) in [6, 6.07) is 7.55. The Morgan fingerprint density at radius 3 is 2.77 bits per heavy atom. The number of thiazole rings is 1. The zero-order valence-electron chi connectivity index (χ0n) is 13.7. The Morgan fingerprint density at radius 1 is 1.27 bits per heavy atom. The molecule has 0 radical (unpaired) electrons. The zero-order valence-corrected chi connectivity index (χ0v) is 14.6. The number of benzene rings is 1. The minimum absolute atomic E-state index is 0.0125. The van der Waals surface area contributed by atoms with Gasteiger partial charge in [0.15, 0.2) is 5.13 Å². The van der Waals surface area contributed by atoms with Gasteiger partial charge in [-0.05, 0) is 23.8 Å². The number of hydrogen-bond donors (Lipinski definition) is 1. The summed E-state index contributed by atoms with van der Waals surface area (Å²) in [5.74, 6) is -0.258. The number of alkyl halides is 3. The van der Waals surface area contributed by atoms with Crippen LogP contribution in [-0.2, 0) is 17.5 Å². The largest absolute Gasteiger partial charge is 0.418 e. The minimum atomic E-state index is -4.47. The third-order valence-electron chi connectivity index (χ3n) is 3.63. The van der Waals surface area contributed by atoms with Crippen molar-refractivity contribution in [2.75, 3.05) is 18.5 Å². The number of anilines is 1. The number of para-hydroxylation sites is 1. The van der Waals surface area contributed by atoms with Crippen molar-refractivity contribution < 1.29 is 18.0 Å². The number of rotatable bonds is 5. The van der Waals surface area contributed by atoms with Crippen molar-refractivity contribution in [3.63, 3.8) is 0 Å². The van der Waals surface area contributed by atoms with Gasteiger partial charge < -0.3 is 10.2 Å². The van der Waals surface area contributed by atoms with Gasteiger partial charge in [0.05, 0.1) is 22.3 Å². The standard InChI is InChI=1S/C17H15F3N4OS/c1-24(10-14(25)22-9-11-4-3-7-21-8-11)16-23-15-12(17(18,19)20)5-2-6-13(15)26-16/h2-8H,9-10H2,1H3,(H,22,25). The highest BCUT2D eigenvalue weighted by molar-refractivity contribution is 7.22. The van der Waals surface area contributed by atoms with Crippen molar-refractivity contribution in [1.29, 1.82) is 0 Å². The van der Waals surface area contributed by atoms with Crippen LogP contribution in [0.1, 0.15) is 11.1 Å². The van der Waals surface area contributed by atoms with E-state index in [4.69, 9.17) is 0 Å². The molecule has 0 saturated carbocycles. The molecule has 3 rings (SSSR count). The van der Waals surface area contributed by atoms with E-state index in [1.807, 2.05) is 6.07 Å². The van der Waals surface area contributed by atoms with E-state index in [0.717, 1.165) is 23.0 Å². The molecular weight excluding hydrogens is 365 g/mol. The smallest absolute Gasteiger partial charge is 0.350 e. The van der Waals surface area contributed by atoms with Gasteiger partial charge in [-0.15, -0.1) is 0 Å². The molecule has 0 atom stereocenters. The van der Waals surface area contributed by atoms with Crippen LogP contribution in [0.2, 0.25) is 0 Å². The van der Waals surface area contributed by atoms with Crippen LogP contribution in [0.4, 0.5) is 18.3 Å². The number of hydrogen-bond acceptors (Lipinski definition) is 5. The maximum absolute atomic E-state index is 13.1. The first-order valence-electron chi connectivity index (χ1n) is 7.68. The molecule has 3 aromatic rings. The van der Waals surface area contributed by atoms with Gasteiger partial charge in [0.2, 0.25) is 5.91 Å². The van der Waals surface area contributed by atoms with Crippen LogP contribution in [0, 0.1) is 0 Å². The molecule has 0 unspecified atom stereocenters. The third-order valence-corrected chi connectivity index (χ3v) is 4.77. The monoisotopic (exact) mass is 380 g/mol. The fourth-order valence-corrected chi connectivity index (χ4v) is 3.32. The third kappa shape index (κ3) is 4.10. The number of carbonyl (C=O) groups excluding carboxylic acids is 1. The van der Waals surface area contributed by atoms with Gasteiger partial charge in [-0.25, -0.2) is 4.98 Å². The molecule has 0 spiro atoms.